The summed E-state index contributed by atoms with van der Waals surface area (Å²) in [5.41, 5.74) is 9.00. The van der Waals surface area contributed by atoms with Crippen LogP contribution < -0.4 is 5.73 Å². The van der Waals surface area contributed by atoms with Gasteiger partial charge in [-0.1, -0.05) is 46.6 Å². The number of nitrogen functional groups attached to an aromatic ring is 1. The van der Waals surface area contributed by atoms with Crippen molar-refractivity contribution in [2.24, 2.45) is 0 Å². The first-order chi connectivity index (χ1) is 9.65. The first-order valence-corrected chi connectivity index (χ1v) is 7.64. The number of carbonyl (C=O) groups is 1. The fourth-order valence-corrected chi connectivity index (χ4v) is 2.89. The Morgan fingerprint density at radius 2 is 1.80 bits per heavy atom. The average Bonchev–Trinajstić information content (AvgIpc) is 2.40. The normalized spacial score (nSPS) is 14.8. The first-order valence-electron chi connectivity index (χ1n) is 6.85. The van der Waals surface area contributed by atoms with E-state index in [1.165, 1.54) is 24.8 Å². The molecule has 1 fully saturated rings. The third kappa shape index (κ3) is 2.50. The number of rotatable bonds is 3. The minimum Gasteiger partial charge on any atom is -0.398 e. The molecule has 0 aliphatic heterocycles. The Morgan fingerprint density at radius 1 is 1.10 bits per heavy atom. The van der Waals surface area contributed by atoms with Crippen molar-refractivity contribution in [2.75, 3.05) is 5.73 Å². The molecule has 0 atom stereocenters. The summed E-state index contributed by atoms with van der Waals surface area (Å²) in [7, 11) is 0. The molecule has 2 nitrogen and oxygen atoms in total. The summed E-state index contributed by atoms with van der Waals surface area (Å²) in [6, 6.07) is 13.3. The van der Waals surface area contributed by atoms with Gasteiger partial charge >= 0.3 is 0 Å². The number of benzene rings is 2. The van der Waals surface area contributed by atoms with E-state index in [0.717, 1.165) is 4.47 Å². The fourth-order valence-electron chi connectivity index (χ4n) is 2.53. The van der Waals surface area contributed by atoms with Crippen molar-refractivity contribution in [1.82, 2.24) is 0 Å². The van der Waals surface area contributed by atoms with Crippen molar-refractivity contribution < 1.29 is 4.79 Å². The maximum Gasteiger partial charge on any atom is 0.195 e. The molecular formula is C17H16BrNO. The van der Waals surface area contributed by atoms with Gasteiger partial charge in [0.05, 0.1) is 0 Å². The average molecular weight is 330 g/mol. The van der Waals surface area contributed by atoms with Gasteiger partial charge in [0.2, 0.25) is 0 Å². The van der Waals surface area contributed by atoms with E-state index in [0.29, 0.717) is 22.7 Å². The Bertz CT molecular complexity index is 645. The van der Waals surface area contributed by atoms with Crippen molar-refractivity contribution >= 4 is 27.4 Å². The zero-order valence-electron chi connectivity index (χ0n) is 11.1. The summed E-state index contributed by atoms with van der Waals surface area (Å²) in [5.74, 6) is 0.666. The summed E-state index contributed by atoms with van der Waals surface area (Å²) < 4.78 is 0.862. The summed E-state index contributed by atoms with van der Waals surface area (Å²) in [6.07, 6.45) is 3.86. The molecule has 0 radical (unpaired) electrons. The molecule has 3 heteroatoms. The molecule has 0 spiro atoms. The Labute approximate surface area is 127 Å². The Hall–Kier alpha value is -1.61. The predicted molar refractivity (Wildman–Crippen MR) is 85.0 cm³/mol. The third-order valence-corrected chi connectivity index (χ3v) is 4.50. The highest BCUT2D eigenvalue weighted by Crippen LogP contribution is 2.36. The van der Waals surface area contributed by atoms with Crippen molar-refractivity contribution in [3.63, 3.8) is 0 Å². The summed E-state index contributed by atoms with van der Waals surface area (Å²) >= 11 is 3.38. The summed E-state index contributed by atoms with van der Waals surface area (Å²) in [6.45, 7) is 0. The summed E-state index contributed by atoms with van der Waals surface area (Å²) in [4.78, 5) is 12.5. The monoisotopic (exact) mass is 329 g/mol. The van der Waals surface area contributed by atoms with Crippen LogP contribution in [0.4, 0.5) is 5.69 Å². The molecule has 102 valence electrons. The molecule has 0 saturated heterocycles. The smallest absolute Gasteiger partial charge is 0.195 e. The van der Waals surface area contributed by atoms with Crippen molar-refractivity contribution in [3.8, 4) is 0 Å². The zero-order chi connectivity index (χ0) is 14.1. The van der Waals surface area contributed by atoms with E-state index in [9.17, 15) is 4.79 Å². The standard InChI is InChI=1S/C17H16BrNO/c18-14-8-9-16(19)15(10-14)17(20)13-6-4-12(5-7-13)11-2-1-3-11/h4-11H,1-3,19H2. The van der Waals surface area contributed by atoms with E-state index in [1.54, 1.807) is 12.1 Å². The lowest BCUT2D eigenvalue weighted by Gasteiger charge is -2.25. The van der Waals surface area contributed by atoms with Gasteiger partial charge in [-0.25, -0.2) is 0 Å². The van der Waals surface area contributed by atoms with Crippen LogP contribution in [0.1, 0.15) is 46.7 Å². The molecule has 3 rings (SSSR count). The molecule has 1 aliphatic carbocycles. The Balaban J connectivity index is 1.88. The molecular weight excluding hydrogens is 314 g/mol. The van der Waals surface area contributed by atoms with Crippen LogP contribution in [-0.4, -0.2) is 5.78 Å². The molecule has 0 amide bonds. The summed E-state index contributed by atoms with van der Waals surface area (Å²) in [5, 5.41) is 0. The fraction of sp³-hybridized carbons (Fsp3) is 0.235. The third-order valence-electron chi connectivity index (χ3n) is 4.01. The first kappa shape index (κ1) is 13.4. The van der Waals surface area contributed by atoms with E-state index in [-0.39, 0.29) is 5.78 Å². The van der Waals surface area contributed by atoms with Crippen molar-refractivity contribution in [1.29, 1.82) is 0 Å². The van der Waals surface area contributed by atoms with Crippen LogP contribution in [0.2, 0.25) is 0 Å². The van der Waals surface area contributed by atoms with Crippen LogP contribution in [0.5, 0.6) is 0 Å². The number of carbonyl (C=O) groups excluding carboxylic acids is 1. The van der Waals surface area contributed by atoms with E-state index >= 15 is 0 Å². The number of nitrogens with two attached hydrogens (primary N) is 1. The molecule has 0 unspecified atom stereocenters. The number of ketones is 1. The zero-order valence-corrected chi connectivity index (χ0v) is 12.7. The van der Waals surface area contributed by atoms with Crippen molar-refractivity contribution in [2.45, 2.75) is 25.2 Å². The van der Waals surface area contributed by atoms with E-state index in [2.05, 4.69) is 28.1 Å². The van der Waals surface area contributed by atoms with Gasteiger partial charge in [-0.05, 0) is 42.5 Å². The quantitative estimate of drug-likeness (QED) is 0.664. The second-order valence-corrected chi connectivity index (χ2v) is 6.23. The highest BCUT2D eigenvalue weighted by Gasteiger charge is 2.20. The van der Waals surface area contributed by atoms with Gasteiger partial charge in [-0.3, -0.25) is 4.79 Å². The van der Waals surface area contributed by atoms with E-state index < -0.39 is 0 Å². The lowest BCUT2D eigenvalue weighted by Crippen LogP contribution is -2.09. The highest BCUT2D eigenvalue weighted by molar-refractivity contribution is 9.10. The maximum absolute atomic E-state index is 12.5. The molecule has 1 aliphatic rings. The number of hydrogen-bond acceptors (Lipinski definition) is 2. The van der Waals surface area contributed by atoms with Crippen molar-refractivity contribution in [3.05, 3.63) is 63.6 Å². The lowest BCUT2D eigenvalue weighted by molar-refractivity contribution is 0.103. The van der Waals surface area contributed by atoms with Crippen LogP contribution >= 0.6 is 15.9 Å². The number of halogens is 1. The van der Waals surface area contributed by atoms with Gasteiger partial charge < -0.3 is 5.73 Å². The van der Waals surface area contributed by atoms with Crippen LogP contribution in [-0.2, 0) is 0 Å². The Kier molecular flexibility index (Phi) is 3.62. The molecule has 2 aromatic rings. The van der Waals surface area contributed by atoms with Crippen LogP contribution in [0, 0.1) is 0 Å². The van der Waals surface area contributed by atoms with Gasteiger partial charge in [-0.2, -0.15) is 0 Å². The number of hydrogen-bond donors (Lipinski definition) is 1. The Morgan fingerprint density at radius 3 is 2.40 bits per heavy atom. The minimum absolute atomic E-state index is 0.0241. The van der Waals surface area contributed by atoms with Crippen LogP contribution in [0.15, 0.2) is 46.9 Å². The van der Waals surface area contributed by atoms with Crippen LogP contribution in [0.3, 0.4) is 0 Å². The largest absolute Gasteiger partial charge is 0.398 e. The highest BCUT2D eigenvalue weighted by atomic mass is 79.9. The molecule has 2 N–H and O–H groups in total. The van der Waals surface area contributed by atoms with E-state index in [4.69, 9.17) is 5.73 Å². The molecule has 0 heterocycles. The lowest BCUT2D eigenvalue weighted by atomic mass is 9.80. The van der Waals surface area contributed by atoms with E-state index in [1.807, 2.05) is 18.2 Å². The molecule has 1 saturated carbocycles. The van der Waals surface area contributed by atoms with Gasteiger partial charge in [0.1, 0.15) is 0 Å². The second-order valence-electron chi connectivity index (χ2n) is 5.31. The molecule has 2 aromatic carbocycles. The maximum atomic E-state index is 12.5. The van der Waals surface area contributed by atoms with Gasteiger partial charge in [0.25, 0.3) is 0 Å². The van der Waals surface area contributed by atoms with Gasteiger partial charge in [0.15, 0.2) is 5.78 Å². The minimum atomic E-state index is -0.0241. The molecule has 0 aromatic heterocycles. The topological polar surface area (TPSA) is 43.1 Å². The second kappa shape index (κ2) is 5.41. The predicted octanol–water partition coefficient (Wildman–Crippen LogP) is 4.53. The number of anilines is 1. The van der Waals surface area contributed by atoms with Crippen LogP contribution in [0.25, 0.3) is 0 Å². The van der Waals surface area contributed by atoms with Gasteiger partial charge in [0, 0.05) is 21.3 Å². The van der Waals surface area contributed by atoms with Gasteiger partial charge in [-0.15, -0.1) is 0 Å². The molecule has 0 bridgehead atoms. The molecule has 20 heavy (non-hydrogen) atoms. The SMILES string of the molecule is Nc1ccc(Br)cc1C(=O)c1ccc(C2CCC2)cc1.